The van der Waals surface area contributed by atoms with Crippen LogP contribution in [0.1, 0.15) is 24.0 Å². The molecule has 6 nitrogen and oxygen atoms in total. The topological polar surface area (TPSA) is 106 Å². The van der Waals surface area contributed by atoms with Crippen LogP contribution in [0.4, 0.5) is 5.69 Å². The average molecular weight is 297 g/mol. The number of nitrogens with zero attached hydrogens (tertiary/aromatic N) is 1. The van der Waals surface area contributed by atoms with Crippen molar-refractivity contribution < 1.29 is 13.2 Å². The number of amides is 1. The number of benzene rings is 1. The molecule has 1 aliphatic rings. The van der Waals surface area contributed by atoms with Gasteiger partial charge in [0.25, 0.3) is 0 Å². The standard InChI is InChI=1S/C13H19N3O3S/c1-8-6-10(14)12(7-9(8)2)20(18,19)16-5-3-4-11(16)13(15)17/h6-7,11H,3-5,14H2,1-2H3,(H2,15,17). The zero-order chi connectivity index (χ0) is 15.1. The molecule has 1 aromatic carbocycles. The Labute approximate surface area is 118 Å². The zero-order valence-electron chi connectivity index (χ0n) is 11.6. The highest BCUT2D eigenvalue weighted by Gasteiger charge is 2.39. The Bertz CT molecular complexity index is 655. The molecule has 1 aliphatic heterocycles. The van der Waals surface area contributed by atoms with Gasteiger partial charge >= 0.3 is 0 Å². The number of hydrogen-bond donors (Lipinski definition) is 2. The Morgan fingerprint density at radius 2 is 1.90 bits per heavy atom. The second-order valence-electron chi connectivity index (χ2n) is 5.15. The molecule has 1 fully saturated rings. The normalized spacial score (nSPS) is 20.2. The van der Waals surface area contributed by atoms with Crippen molar-refractivity contribution in [2.75, 3.05) is 12.3 Å². The molecular weight excluding hydrogens is 278 g/mol. The Morgan fingerprint density at radius 3 is 2.50 bits per heavy atom. The lowest BCUT2D eigenvalue weighted by Crippen LogP contribution is -2.43. The number of carbonyl (C=O) groups excluding carboxylic acids is 1. The molecule has 0 aliphatic carbocycles. The van der Waals surface area contributed by atoms with Crippen LogP contribution in [0.25, 0.3) is 0 Å². The number of nitrogen functional groups attached to an aromatic ring is 1. The van der Waals surface area contributed by atoms with Crippen LogP contribution in [0, 0.1) is 13.8 Å². The molecule has 2 rings (SSSR count). The number of aryl methyl sites for hydroxylation is 2. The lowest BCUT2D eigenvalue weighted by Gasteiger charge is -2.23. The van der Waals surface area contributed by atoms with E-state index in [-0.39, 0.29) is 10.6 Å². The molecule has 1 heterocycles. The van der Waals surface area contributed by atoms with Crippen molar-refractivity contribution in [1.82, 2.24) is 4.31 Å². The zero-order valence-corrected chi connectivity index (χ0v) is 12.4. The second-order valence-corrected chi connectivity index (χ2v) is 7.01. The molecule has 0 bridgehead atoms. The summed E-state index contributed by atoms with van der Waals surface area (Å²) in [7, 11) is -3.80. The van der Waals surface area contributed by atoms with Gasteiger partial charge in [-0.25, -0.2) is 8.42 Å². The monoisotopic (exact) mass is 297 g/mol. The van der Waals surface area contributed by atoms with Crippen LogP contribution < -0.4 is 11.5 Å². The maximum absolute atomic E-state index is 12.7. The summed E-state index contributed by atoms with van der Waals surface area (Å²) in [5, 5.41) is 0. The van der Waals surface area contributed by atoms with Gasteiger partial charge in [0, 0.05) is 6.54 Å². The Morgan fingerprint density at radius 1 is 1.30 bits per heavy atom. The second kappa shape index (κ2) is 5.06. The smallest absolute Gasteiger partial charge is 0.245 e. The van der Waals surface area contributed by atoms with E-state index in [9.17, 15) is 13.2 Å². The maximum Gasteiger partial charge on any atom is 0.245 e. The fraction of sp³-hybridized carbons (Fsp3) is 0.462. The van der Waals surface area contributed by atoms with E-state index in [1.165, 1.54) is 0 Å². The van der Waals surface area contributed by atoms with Gasteiger partial charge in [-0.2, -0.15) is 4.31 Å². The molecule has 0 radical (unpaired) electrons. The Kier molecular flexibility index (Phi) is 3.75. The summed E-state index contributed by atoms with van der Waals surface area (Å²) in [6.07, 6.45) is 1.08. The minimum Gasteiger partial charge on any atom is -0.398 e. The molecule has 4 N–H and O–H groups in total. The molecule has 0 spiro atoms. The summed E-state index contributed by atoms with van der Waals surface area (Å²) < 4.78 is 26.5. The van der Waals surface area contributed by atoms with E-state index in [2.05, 4.69) is 0 Å². The van der Waals surface area contributed by atoms with Gasteiger partial charge in [0.15, 0.2) is 0 Å². The first-order valence-corrected chi connectivity index (χ1v) is 7.87. The summed E-state index contributed by atoms with van der Waals surface area (Å²) in [5.74, 6) is -0.617. The van der Waals surface area contributed by atoms with Gasteiger partial charge in [0.05, 0.1) is 5.69 Å². The number of anilines is 1. The van der Waals surface area contributed by atoms with Crippen LogP contribution in [0.3, 0.4) is 0 Å². The molecule has 0 aromatic heterocycles. The van der Waals surface area contributed by atoms with E-state index < -0.39 is 22.0 Å². The number of rotatable bonds is 3. The summed E-state index contributed by atoms with van der Waals surface area (Å²) in [6, 6.07) is 2.41. The summed E-state index contributed by atoms with van der Waals surface area (Å²) in [5.41, 5.74) is 13.1. The lowest BCUT2D eigenvalue weighted by molar-refractivity contribution is -0.121. The van der Waals surface area contributed by atoms with E-state index in [1.54, 1.807) is 12.1 Å². The van der Waals surface area contributed by atoms with Crippen molar-refractivity contribution in [3.63, 3.8) is 0 Å². The third-order valence-electron chi connectivity index (χ3n) is 3.74. The number of nitrogens with two attached hydrogens (primary N) is 2. The summed E-state index contributed by atoms with van der Waals surface area (Å²) in [4.78, 5) is 11.4. The van der Waals surface area contributed by atoms with Gasteiger partial charge in [0.2, 0.25) is 15.9 Å². The van der Waals surface area contributed by atoms with Crippen molar-refractivity contribution >= 4 is 21.6 Å². The van der Waals surface area contributed by atoms with E-state index in [0.717, 1.165) is 15.4 Å². The highest BCUT2D eigenvalue weighted by molar-refractivity contribution is 7.89. The third kappa shape index (κ3) is 2.38. The summed E-state index contributed by atoms with van der Waals surface area (Å²) >= 11 is 0. The molecule has 1 amide bonds. The van der Waals surface area contributed by atoms with Gasteiger partial charge in [0.1, 0.15) is 10.9 Å². The van der Waals surface area contributed by atoms with Gasteiger partial charge in [-0.15, -0.1) is 0 Å². The first kappa shape index (κ1) is 14.8. The molecule has 7 heteroatoms. The van der Waals surface area contributed by atoms with E-state index in [0.29, 0.717) is 19.4 Å². The number of sulfonamides is 1. The van der Waals surface area contributed by atoms with Crippen molar-refractivity contribution in [3.05, 3.63) is 23.3 Å². The first-order valence-electron chi connectivity index (χ1n) is 6.43. The number of carbonyl (C=O) groups is 1. The van der Waals surface area contributed by atoms with E-state index in [1.807, 2.05) is 13.8 Å². The molecule has 1 atom stereocenters. The Balaban J connectivity index is 2.50. The van der Waals surface area contributed by atoms with Crippen LogP contribution in [-0.4, -0.2) is 31.2 Å². The van der Waals surface area contributed by atoms with Crippen LogP contribution in [0.15, 0.2) is 17.0 Å². The van der Waals surface area contributed by atoms with Crippen molar-refractivity contribution in [2.45, 2.75) is 37.6 Å². The van der Waals surface area contributed by atoms with Crippen molar-refractivity contribution in [1.29, 1.82) is 0 Å². The van der Waals surface area contributed by atoms with Gasteiger partial charge < -0.3 is 11.5 Å². The molecule has 110 valence electrons. The molecule has 0 saturated carbocycles. The summed E-state index contributed by atoms with van der Waals surface area (Å²) in [6.45, 7) is 3.98. The largest absolute Gasteiger partial charge is 0.398 e. The van der Waals surface area contributed by atoms with Crippen LogP contribution >= 0.6 is 0 Å². The molecular formula is C13H19N3O3S. The quantitative estimate of drug-likeness (QED) is 0.793. The molecule has 20 heavy (non-hydrogen) atoms. The lowest BCUT2D eigenvalue weighted by atomic mass is 10.1. The molecule has 1 unspecified atom stereocenters. The van der Waals surface area contributed by atoms with Crippen molar-refractivity contribution in [3.8, 4) is 0 Å². The first-order chi connectivity index (χ1) is 9.25. The molecule has 1 saturated heterocycles. The predicted molar refractivity (Wildman–Crippen MR) is 76.4 cm³/mol. The highest BCUT2D eigenvalue weighted by atomic mass is 32.2. The third-order valence-corrected chi connectivity index (χ3v) is 5.71. The van der Waals surface area contributed by atoms with Gasteiger partial charge in [-0.3, -0.25) is 4.79 Å². The highest BCUT2D eigenvalue weighted by Crippen LogP contribution is 2.30. The van der Waals surface area contributed by atoms with Crippen molar-refractivity contribution in [2.24, 2.45) is 5.73 Å². The van der Waals surface area contributed by atoms with E-state index in [4.69, 9.17) is 11.5 Å². The average Bonchev–Trinajstić information content (AvgIpc) is 2.83. The predicted octanol–water partition coefficient (Wildman–Crippen LogP) is 0.524. The van der Waals surface area contributed by atoms with E-state index >= 15 is 0 Å². The number of hydrogen-bond acceptors (Lipinski definition) is 4. The SMILES string of the molecule is Cc1cc(N)c(S(=O)(=O)N2CCCC2C(N)=O)cc1C. The maximum atomic E-state index is 12.7. The van der Waals surface area contributed by atoms with Gasteiger partial charge in [-0.05, 0) is 49.9 Å². The minimum atomic E-state index is -3.80. The van der Waals surface area contributed by atoms with Gasteiger partial charge in [-0.1, -0.05) is 0 Å². The Hall–Kier alpha value is -1.60. The van der Waals surface area contributed by atoms with Crippen LogP contribution in [0.5, 0.6) is 0 Å². The number of primary amides is 1. The van der Waals surface area contributed by atoms with Crippen LogP contribution in [0.2, 0.25) is 0 Å². The van der Waals surface area contributed by atoms with Crippen LogP contribution in [-0.2, 0) is 14.8 Å². The minimum absolute atomic E-state index is 0.0498. The fourth-order valence-electron chi connectivity index (χ4n) is 2.47. The fourth-order valence-corrected chi connectivity index (χ4v) is 4.32. The molecule has 1 aromatic rings.